The van der Waals surface area contributed by atoms with Gasteiger partial charge in [0.05, 0.1) is 11.5 Å². The normalized spacial score (nSPS) is 10.9. The van der Waals surface area contributed by atoms with Crippen molar-refractivity contribution in [2.24, 2.45) is 0 Å². The van der Waals surface area contributed by atoms with Gasteiger partial charge in [0, 0.05) is 12.3 Å². The molecule has 0 saturated heterocycles. The zero-order chi connectivity index (χ0) is 15.0. The maximum Gasteiger partial charge on any atom is 0.350 e. The van der Waals surface area contributed by atoms with Crippen LogP contribution in [-0.4, -0.2) is 19.1 Å². The van der Waals surface area contributed by atoms with Crippen LogP contribution >= 0.6 is 0 Å². The fraction of sp³-hybridized carbons (Fsp3) is 0.0769. The van der Waals surface area contributed by atoms with E-state index in [1.54, 1.807) is 30.5 Å². The molecule has 3 aromatic rings. The summed E-state index contributed by atoms with van der Waals surface area (Å²) in [6, 6.07) is 9.66. The van der Waals surface area contributed by atoms with Gasteiger partial charge in [-0.1, -0.05) is 12.1 Å². The molecule has 8 heteroatoms. The Morgan fingerprint density at radius 3 is 2.81 bits per heavy atom. The number of nitro benzene ring substituents is 1. The molecule has 8 nitrogen and oxygen atoms in total. The molecule has 1 aromatic carbocycles. The van der Waals surface area contributed by atoms with Crippen LogP contribution in [0.5, 0.6) is 0 Å². The molecule has 0 spiro atoms. The highest BCUT2D eigenvalue weighted by Gasteiger charge is 2.13. The van der Waals surface area contributed by atoms with Crippen LogP contribution in [0.25, 0.3) is 5.65 Å². The number of aromatic nitrogens is 3. The number of nitrogens with zero attached hydrogens (tertiary/aromatic N) is 4. The molecule has 2 heterocycles. The van der Waals surface area contributed by atoms with Crippen LogP contribution in [0.3, 0.4) is 0 Å². The number of anilines is 1. The summed E-state index contributed by atoms with van der Waals surface area (Å²) in [4.78, 5) is 22.4. The Hall–Kier alpha value is -3.16. The van der Waals surface area contributed by atoms with Gasteiger partial charge in [-0.3, -0.25) is 14.5 Å². The van der Waals surface area contributed by atoms with E-state index in [2.05, 4.69) is 5.10 Å². The summed E-state index contributed by atoms with van der Waals surface area (Å²) < 4.78 is 2.66. The molecular formula is C13H11N5O3. The van der Waals surface area contributed by atoms with Gasteiger partial charge in [0.2, 0.25) is 0 Å². The Morgan fingerprint density at radius 2 is 2.10 bits per heavy atom. The monoisotopic (exact) mass is 285 g/mol. The minimum absolute atomic E-state index is 0.0890. The van der Waals surface area contributed by atoms with Crippen molar-refractivity contribution in [1.82, 2.24) is 14.2 Å². The third-order valence-electron chi connectivity index (χ3n) is 3.11. The average molecular weight is 285 g/mol. The van der Waals surface area contributed by atoms with Crippen molar-refractivity contribution in [3.8, 4) is 0 Å². The van der Waals surface area contributed by atoms with Crippen LogP contribution in [0.1, 0.15) is 5.56 Å². The van der Waals surface area contributed by atoms with E-state index in [0.29, 0.717) is 11.2 Å². The number of benzene rings is 1. The van der Waals surface area contributed by atoms with Gasteiger partial charge < -0.3 is 5.73 Å². The summed E-state index contributed by atoms with van der Waals surface area (Å²) in [5.41, 5.74) is 6.26. The standard InChI is InChI=1S/C13H11N5O3/c14-10-5-4-9(7-11(10)18(20)21)8-17-13(19)16-6-2-1-3-12(16)15-17/h1-7H,8,14H2. The maximum absolute atomic E-state index is 12.1. The van der Waals surface area contributed by atoms with Gasteiger partial charge in [0.1, 0.15) is 5.69 Å². The molecule has 21 heavy (non-hydrogen) atoms. The molecule has 0 atom stereocenters. The lowest BCUT2D eigenvalue weighted by molar-refractivity contribution is -0.384. The molecule has 0 aliphatic carbocycles. The first-order valence-corrected chi connectivity index (χ1v) is 6.13. The van der Waals surface area contributed by atoms with Crippen LogP contribution in [0.2, 0.25) is 0 Å². The number of pyridine rings is 1. The van der Waals surface area contributed by atoms with Crippen molar-refractivity contribution < 1.29 is 4.92 Å². The fourth-order valence-corrected chi connectivity index (χ4v) is 2.09. The van der Waals surface area contributed by atoms with Gasteiger partial charge in [-0.2, -0.15) is 0 Å². The second kappa shape index (κ2) is 4.75. The predicted molar refractivity (Wildman–Crippen MR) is 76.1 cm³/mol. The lowest BCUT2D eigenvalue weighted by Crippen LogP contribution is -2.21. The Balaban J connectivity index is 2.03. The van der Waals surface area contributed by atoms with Gasteiger partial charge >= 0.3 is 5.69 Å². The molecule has 2 N–H and O–H groups in total. The lowest BCUT2D eigenvalue weighted by Gasteiger charge is -2.02. The van der Waals surface area contributed by atoms with Crippen molar-refractivity contribution in [3.05, 3.63) is 68.8 Å². The molecule has 3 rings (SSSR count). The van der Waals surface area contributed by atoms with Crippen LogP contribution < -0.4 is 11.4 Å². The minimum atomic E-state index is -0.550. The number of nitro groups is 1. The van der Waals surface area contributed by atoms with E-state index in [-0.39, 0.29) is 23.6 Å². The Labute approximate surface area is 118 Å². The number of hydrogen-bond acceptors (Lipinski definition) is 5. The van der Waals surface area contributed by atoms with Crippen molar-refractivity contribution in [1.29, 1.82) is 0 Å². The van der Waals surface area contributed by atoms with Crippen LogP contribution in [-0.2, 0) is 6.54 Å². The van der Waals surface area contributed by atoms with E-state index in [1.807, 2.05) is 0 Å². The smallest absolute Gasteiger partial charge is 0.350 e. The zero-order valence-electron chi connectivity index (χ0n) is 10.8. The number of nitrogen functional groups attached to an aromatic ring is 1. The number of hydrogen-bond donors (Lipinski definition) is 1. The number of nitrogens with two attached hydrogens (primary N) is 1. The summed E-state index contributed by atoms with van der Waals surface area (Å²) in [5, 5.41) is 15.0. The first-order valence-electron chi connectivity index (χ1n) is 6.13. The quantitative estimate of drug-likeness (QED) is 0.439. The lowest BCUT2D eigenvalue weighted by atomic mass is 10.2. The maximum atomic E-state index is 12.1. The molecule has 2 aromatic heterocycles. The summed E-state index contributed by atoms with van der Waals surface area (Å²) >= 11 is 0. The first-order chi connectivity index (χ1) is 10.1. The molecule has 0 aliphatic heterocycles. The predicted octanol–water partition coefficient (Wildman–Crippen LogP) is 1.03. The Morgan fingerprint density at radius 1 is 1.29 bits per heavy atom. The zero-order valence-corrected chi connectivity index (χ0v) is 10.8. The summed E-state index contributed by atoms with van der Waals surface area (Å²) in [6.07, 6.45) is 1.62. The van der Waals surface area contributed by atoms with Crippen molar-refractivity contribution in [2.75, 3.05) is 5.73 Å². The second-order valence-electron chi connectivity index (χ2n) is 4.52. The largest absolute Gasteiger partial charge is 0.393 e. The van der Waals surface area contributed by atoms with E-state index in [1.165, 1.54) is 21.2 Å². The van der Waals surface area contributed by atoms with Crippen molar-refractivity contribution >= 4 is 17.0 Å². The Kier molecular flexibility index (Phi) is 2.90. The molecule has 0 radical (unpaired) electrons. The third kappa shape index (κ3) is 2.22. The van der Waals surface area contributed by atoms with Crippen molar-refractivity contribution in [2.45, 2.75) is 6.54 Å². The minimum Gasteiger partial charge on any atom is -0.393 e. The fourth-order valence-electron chi connectivity index (χ4n) is 2.09. The first kappa shape index (κ1) is 12.9. The number of rotatable bonds is 3. The molecule has 0 unspecified atom stereocenters. The van der Waals surface area contributed by atoms with Gasteiger partial charge in [0.25, 0.3) is 5.69 Å². The summed E-state index contributed by atoms with van der Waals surface area (Å²) in [6.45, 7) is 0.141. The van der Waals surface area contributed by atoms with Crippen molar-refractivity contribution in [3.63, 3.8) is 0 Å². The molecule has 0 saturated carbocycles. The molecular weight excluding hydrogens is 274 g/mol. The highest BCUT2D eigenvalue weighted by Crippen LogP contribution is 2.22. The van der Waals surface area contributed by atoms with Crippen LogP contribution in [0.15, 0.2) is 47.4 Å². The second-order valence-corrected chi connectivity index (χ2v) is 4.52. The van der Waals surface area contributed by atoms with Crippen LogP contribution in [0.4, 0.5) is 11.4 Å². The van der Waals surface area contributed by atoms with E-state index in [9.17, 15) is 14.9 Å². The SMILES string of the molecule is Nc1ccc(Cn2nc3ccccn3c2=O)cc1[N+](=O)[O-]. The summed E-state index contributed by atoms with van der Waals surface area (Å²) in [5.74, 6) is 0. The van der Waals surface area contributed by atoms with E-state index in [4.69, 9.17) is 5.73 Å². The highest BCUT2D eigenvalue weighted by molar-refractivity contribution is 5.59. The third-order valence-corrected chi connectivity index (χ3v) is 3.11. The molecule has 0 bridgehead atoms. The Bertz CT molecular complexity index is 896. The molecule has 0 amide bonds. The molecule has 0 fully saturated rings. The summed E-state index contributed by atoms with van der Waals surface area (Å²) in [7, 11) is 0. The van der Waals surface area contributed by atoms with E-state index >= 15 is 0 Å². The number of fused-ring (bicyclic) bond motifs is 1. The highest BCUT2D eigenvalue weighted by atomic mass is 16.6. The van der Waals surface area contributed by atoms with Crippen LogP contribution in [0, 0.1) is 10.1 Å². The van der Waals surface area contributed by atoms with E-state index < -0.39 is 4.92 Å². The van der Waals surface area contributed by atoms with Gasteiger partial charge in [-0.25, -0.2) is 9.48 Å². The molecule has 106 valence electrons. The van der Waals surface area contributed by atoms with E-state index in [0.717, 1.165) is 0 Å². The molecule has 0 aliphatic rings. The van der Waals surface area contributed by atoms with Gasteiger partial charge in [-0.15, -0.1) is 5.10 Å². The average Bonchev–Trinajstić information content (AvgIpc) is 2.78. The topological polar surface area (TPSA) is 108 Å². The van der Waals surface area contributed by atoms with Gasteiger partial charge in [-0.05, 0) is 23.8 Å². The van der Waals surface area contributed by atoms with Gasteiger partial charge in [0.15, 0.2) is 5.65 Å².